The van der Waals surface area contributed by atoms with Gasteiger partial charge in [-0.3, -0.25) is 38.5 Å². The molecular weight excluding hydrogens is 1410 g/mol. The summed E-state index contributed by atoms with van der Waals surface area (Å²) in [6.45, 7) is 10.9. The largest absolute Gasteiger partial charge is 0.493 e. The number of nitrogens with zero attached hydrogens (tertiary/aromatic N) is 5. The van der Waals surface area contributed by atoms with Crippen molar-refractivity contribution in [2.45, 2.75) is 173 Å². The fourth-order valence-corrected chi connectivity index (χ4v) is 13.5. The van der Waals surface area contributed by atoms with Crippen molar-refractivity contribution >= 4 is 94.0 Å². The first kappa shape index (κ1) is 78.3. The van der Waals surface area contributed by atoms with E-state index in [-0.39, 0.29) is 111 Å². The number of carbonyl (C=O) groups is 11. The van der Waals surface area contributed by atoms with Gasteiger partial charge in [-0.1, -0.05) is 78.9 Å². The molecule has 5 heterocycles. The van der Waals surface area contributed by atoms with E-state index in [0.717, 1.165) is 21.7 Å². The number of fused-ring (bicyclic) bond motifs is 8. The molecule has 0 spiro atoms. The molecule has 6 aromatic carbocycles. The summed E-state index contributed by atoms with van der Waals surface area (Å²) < 4.78 is 41.5. The van der Waals surface area contributed by atoms with Crippen molar-refractivity contribution in [2.24, 2.45) is 0 Å². The second-order valence-corrected chi connectivity index (χ2v) is 29.0. The summed E-state index contributed by atoms with van der Waals surface area (Å²) in [6, 6.07) is 32.3. The fraction of sp³-hybridized carbons (Fsp3) is 0.412. The second-order valence-electron chi connectivity index (χ2n) is 29.0. The summed E-state index contributed by atoms with van der Waals surface area (Å²) in [7, 11) is 2.90. The van der Waals surface area contributed by atoms with E-state index in [2.05, 4.69) is 21.3 Å². The van der Waals surface area contributed by atoms with Gasteiger partial charge in [-0.05, 0) is 152 Å². The molecule has 0 saturated carbocycles. The number of aliphatic hydroxyl groups is 1. The van der Waals surface area contributed by atoms with Crippen molar-refractivity contribution in [3.8, 4) is 23.0 Å². The quantitative estimate of drug-likeness (QED) is 0.0173. The molecule has 1 fully saturated rings. The van der Waals surface area contributed by atoms with Crippen LogP contribution in [0.4, 0.5) is 42.8 Å². The molecule has 0 aliphatic carbocycles. The van der Waals surface area contributed by atoms with Crippen LogP contribution in [-0.2, 0) is 73.7 Å². The number of hydroxylamine groups is 2. The Morgan fingerprint density at radius 2 is 1.16 bits per heavy atom. The standard InChI is InChI=1S/C80H91N9O20/c1-79(2,3)107-76(99)81-36-18-17-25-56(84-72(95)57(39-48-21-11-9-12-22-48)83-67(90)32-35-70(93)109-89-68(91)33-34-69(89)92)71(94)82-52-30-28-49(29-31-52)47-106-78(101)88-61-45-66(64(103-8)43-55(61)74(97)87-59-27-16-14-24-51(59)41-62(87)75(88)98)105-38-20-10-19-37-104-65-44-60-54(42-63(65)102-7)73(96)86-53(40-50-23-13-15-26-58(50)86)46-85(60)77(100)108-80(4,5)6/h9,11-16,21-24,26-31,42-45,53,56-57,62,75,98H,10,17-20,25,32-41,46-47H2,1-8H3,(H,81,99)(H,82,94)(H,83,90)(H,84,95)/t53-,56-,57-,62-,75?/m0/s1. The van der Waals surface area contributed by atoms with Crippen LogP contribution in [0.5, 0.6) is 23.0 Å². The van der Waals surface area contributed by atoms with Crippen LogP contribution in [0.15, 0.2) is 127 Å². The number of carbonyl (C=O) groups excluding carboxylic acids is 11. The molecule has 0 aromatic heterocycles. The number of unbranched alkanes of at least 4 members (excludes halogenated alkanes) is 3. The summed E-state index contributed by atoms with van der Waals surface area (Å²) in [5, 5.41) is 23.8. The highest BCUT2D eigenvalue weighted by atomic mass is 16.7. The molecule has 0 bridgehead atoms. The number of imide groups is 1. The highest BCUT2D eigenvalue weighted by Crippen LogP contribution is 2.46. The van der Waals surface area contributed by atoms with E-state index in [9.17, 15) is 57.8 Å². The molecule has 5 N–H and O–H groups in total. The molecule has 5 aliphatic rings. The smallest absolute Gasteiger partial charge is 0.416 e. The number of methoxy groups -OCH3 is 2. The zero-order chi connectivity index (χ0) is 77.8. The lowest BCUT2D eigenvalue weighted by atomic mass is 10.0. The van der Waals surface area contributed by atoms with Gasteiger partial charge in [0.1, 0.15) is 29.9 Å². The third-order valence-corrected chi connectivity index (χ3v) is 18.7. The molecule has 576 valence electrons. The average Bonchev–Trinajstić information content (AvgIpc) is 1.60. The van der Waals surface area contributed by atoms with Gasteiger partial charge in [-0.25, -0.2) is 24.1 Å². The van der Waals surface area contributed by atoms with E-state index in [1.54, 1.807) is 125 Å². The summed E-state index contributed by atoms with van der Waals surface area (Å²) in [6.07, 6.45) is -2.04. The Hall–Kier alpha value is -11.8. The van der Waals surface area contributed by atoms with Gasteiger partial charge in [0.15, 0.2) is 29.2 Å². The molecule has 29 heteroatoms. The molecule has 5 atom stereocenters. The Balaban J connectivity index is 0.747. The molecule has 1 saturated heterocycles. The maximum absolute atomic E-state index is 14.9. The maximum Gasteiger partial charge on any atom is 0.416 e. The van der Waals surface area contributed by atoms with Crippen LogP contribution < -0.4 is 59.8 Å². The predicted molar refractivity (Wildman–Crippen MR) is 398 cm³/mol. The molecule has 0 radical (unpaired) electrons. The SMILES string of the molecule is COc1cc2c(cc1OCCCCCOc1cc3c(cc1OC)C(=O)N1c4ccccc4C[C@H]1C(O)N3C(=O)OCc1ccc(NC(=O)[C@H](CCCCNC(=O)OC(C)(C)C)NC(=O)[C@H](Cc3ccccc3)NC(=O)CCC(=O)ON3C(=O)CCC3=O)cc1)N(C(=O)OC(C)(C)C)C[C@@H]1Cc3ccccc3N1C2=O. The van der Waals surface area contributed by atoms with Crippen LogP contribution in [0.1, 0.15) is 149 Å². The van der Waals surface area contributed by atoms with E-state index in [4.69, 9.17) is 38.0 Å². The van der Waals surface area contributed by atoms with Gasteiger partial charge in [-0.15, -0.1) is 5.06 Å². The first-order valence-electron chi connectivity index (χ1n) is 36.4. The number of hydrogen-bond donors (Lipinski definition) is 5. The van der Waals surface area contributed by atoms with Gasteiger partial charge in [0.2, 0.25) is 17.7 Å². The minimum atomic E-state index is -1.64. The van der Waals surface area contributed by atoms with E-state index in [1.807, 2.05) is 36.4 Å². The number of amides is 10. The number of ether oxygens (including phenoxy) is 7. The number of aliphatic hydroxyl groups excluding tert-OH is 1. The molecule has 11 rings (SSSR count). The van der Waals surface area contributed by atoms with Crippen molar-refractivity contribution < 1.29 is 95.8 Å². The van der Waals surface area contributed by atoms with Crippen LogP contribution >= 0.6 is 0 Å². The van der Waals surface area contributed by atoms with Crippen LogP contribution in [0, 0.1) is 0 Å². The van der Waals surface area contributed by atoms with Crippen molar-refractivity contribution in [1.82, 2.24) is 21.0 Å². The van der Waals surface area contributed by atoms with Crippen LogP contribution in [0.3, 0.4) is 0 Å². The number of nitrogens with one attached hydrogen (secondary N) is 4. The van der Waals surface area contributed by atoms with Crippen LogP contribution in [-0.4, -0.2) is 158 Å². The third kappa shape index (κ3) is 19.2. The zero-order valence-electron chi connectivity index (χ0n) is 62.2. The molecule has 10 amide bonds. The van der Waals surface area contributed by atoms with Gasteiger partial charge in [0.25, 0.3) is 23.6 Å². The van der Waals surface area contributed by atoms with E-state index in [0.29, 0.717) is 77.6 Å². The summed E-state index contributed by atoms with van der Waals surface area (Å²) in [5.41, 5.74) is 3.53. The Labute approximate surface area is 630 Å². The normalized spacial score (nSPS) is 16.9. The van der Waals surface area contributed by atoms with Gasteiger partial charge in [-0.2, -0.15) is 0 Å². The van der Waals surface area contributed by atoms with E-state index < -0.39 is 108 Å². The highest BCUT2D eigenvalue weighted by molar-refractivity contribution is 6.16. The Morgan fingerprint density at radius 3 is 1.79 bits per heavy atom. The minimum Gasteiger partial charge on any atom is -0.493 e. The number of anilines is 5. The molecule has 6 aromatic rings. The van der Waals surface area contributed by atoms with Gasteiger partial charge < -0.3 is 74.2 Å². The van der Waals surface area contributed by atoms with Crippen LogP contribution in [0.25, 0.3) is 0 Å². The predicted octanol–water partition coefficient (Wildman–Crippen LogP) is 9.94. The molecular formula is C80H91N9O20. The highest BCUT2D eigenvalue weighted by Gasteiger charge is 2.48. The molecule has 29 nitrogen and oxygen atoms in total. The lowest BCUT2D eigenvalue weighted by Gasteiger charge is -2.32. The monoisotopic (exact) mass is 1500 g/mol. The first-order chi connectivity index (χ1) is 52.1. The number of alkyl carbamates (subject to hydrolysis) is 1. The Kier molecular flexibility index (Phi) is 24.7. The Morgan fingerprint density at radius 1 is 0.569 bits per heavy atom. The molecule has 109 heavy (non-hydrogen) atoms. The summed E-state index contributed by atoms with van der Waals surface area (Å²) in [4.78, 5) is 160. The fourth-order valence-electron chi connectivity index (χ4n) is 13.5. The lowest BCUT2D eigenvalue weighted by Crippen LogP contribution is -2.53. The number of rotatable bonds is 28. The van der Waals surface area contributed by atoms with Gasteiger partial charge >= 0.3 is 24.2 Å². The third-order valence-electron chi connectivity index (χ3n) is 18.7. The molecule has 1 unspecified atom stereocenters. The van der Waals surface area contributed by atoms with Gasteiger partial charge in [0, 0.05) is 61.4 Å². The first-order valence-corrected chi connectivity index (χ1v) is 36.4. The van der Waals surface area contributed by atoms with E-state index >= 15 is 0 Å². The van der Waals surface area contributed by atoms with E-state index in [1.165, 1.54) is 36.2 Å². The second kappa shape index (κ2) is 34.4. The van der Waals surface area contributed by atoms with Crippen molar-refractivity contribution in [3.05, 3.63) is 161 Å². The van der Waals surface area contributed by atoms with Crippen LogP contribution in [0.2, 0.25) is 0 Å². The van der Waals surface area contributed by atoms with Crippen molar-refractivity contribution in [3.63, 3.8) is 0 Å². The molecule has 5 aliphatic heterocycles. The van der Waals surface area contributed by atoms with Crippen molar-refractivity contribution in [1.29, 1.82) is 0 Å². The van der Waals surface area contributed by atoms with Gasteiger partial charge in [0.05, 0.1) is 75.0 Å². The summed E-state index contributed by atoms with van der Waals surface area (Å²) in [5.74, 6) is -4.33. The maximum atomic E-state index is 14.9. The average molecular weight is 1500 g/mol. The topological polar surface area (TPSA) is 346 Å². The number of hydrogen-bond acceptors (Lipinski definition) is 20. The summed E-state index contributed by atoms with van der Waals surface area (Å²) >= 11 is 0. The minimum absolute atomic E-state index is 0.00704. The number of para-hydroxylation sites is 2. The number of benzene rings is 6. The zero-order valence-corrected chi connectivity index (χ0v) is 62.2. The van der Waals surface area contributed by atoms with Crippen molar-refractivity contribution in [2.75, 3.05) is 65.4 Å². The lowest BCUT2D eigenvalue weighted by molar-refractivity contribution is -0.197. The Bertz CT molecular complexity index is 4410.